The van der Waals surface area contributed by atoms with Gasteiger partial charge in [-0.3, -0.25) is 4.79 Å². The Bertz CT molecular complexity index is 901. The molecule has 3 aromatic rings. The number of carbonyl (C=O) groups is 1. The first-order valence-electron chi connectivity index (χ1n) is 7.34. The fraction of sp³-hybridized carbons (Fsp3) is 0.118. The van der Waals surface area contributed by atoms with Crippen molar-refractivity contribution in [1.29, 1.82) is 0 Å². The van der Waals surface area contributed by atoms with Crippen molar-refractivity contribution in [2.45, 2.75) is 17.4 Å². The number of amides is 1. The van der Waals surface area contributed by atoms with E-state index < -0.39 is 5.25 Å². The van der Waals surface area contributed by atoms with Crippen LogP contribution in [-0.2, 0) is 4.79 Å². The van der Waals surface area contributed by atoms with Gasteiger partial charge in [-0.15, -0.1) is 10.2 Å². The number of anilines is 1. The lowest BCUT2D eigenvalue weighted by molar-refractivity contribution is -0.115. The van der Waals surface area contributed by atoms with E-state index in [1.807, 2.05) is 6.07 Å². The molecule has 128 valence electrons. The summed E-state index contributed by atoms with van der Waals surface area (Å²) in [7, 11) is 0. The summed E-state index contributed by atoms with van der Waals surface area (Å²) in [5.74, 6) is 0.169. The third-order valence-electron chi connectivity index (χ3n) is 3.22. The van der Waals surface area contributed by atoms with Crippen LogP contribution in [-0.4, -0.2) is 21.4 Å². The summed E-state index contributed by atoms with van der Waals surface area (Å²) >= 11 is 13.0. The third kappa shape index (κ3) is 4.75. The molecule has 0 radical (unpaired) electrons. The summed E-state index contributed by atoms with van der Waals surface area (Å²) in [6, 6.07) is 14.1. The molecule has 0 aliphatic carbocycles. The van der Waals surface area contributed by atoms with Gasteiger partial charge in [0.05, 0.1) is 5.25 Å². The van der Waals surface area contributed by atoms with Crippen molar-refractivity contribution in [3.8, 4) is 11.5 Å². The maximum atomic E-state index is 12.3. The lowest BCUT2D eigenvalue weighted by Gasteiger charge is -2.09. The Morgan fingerprint density at radius 3 is 2.56 bits per heavy atom. The van der Waals surface area contributed by atoms with Gasteiger partial charge in [-0.25, -0.2) is 0 Å². The first kappa shape index (κ1) is 17.8. The van der Waals surface area contributed by atoms with Gasteiger partial charge in [-0.1, -0.05) is 47.1 Å². The molecule has 0 aliphatic rings. The molecule has 0 saturated carbocycles. The fourth-order valence-corrected chi connectivity index (χ4v) is 3.07. The lowest BCUT2D eigenvalue weighted by Crippen LogP contribution is -2.22. The number of hydrogen-bond acceptors (Lipinski definition) is 5. The summed E-state index contributed by atoms with van der Waals surface area (Å²) in [6.07, 6.45) is 0. The predicted octanol–water partition coefficient (Wildman–Crippen LogP) is 5.16. The van der Waals surface area contributed by atoms with Crippen molar-refractivity contribution in [3.05, 3.63) is 58.6 Å². The highest BCUT2D eigenvalue weighted by Crippen LogP contribution is 2.28. The van der Waals surface area contributed by atoms with Crippen molar-refractivity contribution in [3.63, 3.8) is 0 Å². The molecule has 1 atom stereocenters. The second-order valence-corrected chi connectivity index (χ2v) is 7.31. The maximum absolute atomic E-state index is 12.3. The molecule has 1 amide bonds. The van der Waals surface area contributed by atoms with Crippen LogP contribution in [0, 0.1) is 0 Å². The quantitative estimate of drug-likeness (QED) is 0.606. The Balaban J connectivity index is 1.65. The Morgan fingerprint density at radius 1 is 1.12 bits per heavy atom. The molecule has 0 bridgehead atoms. The average Bonchev–Trinajstić information content (AvgIpc) is 3.03. The van der Waals surface area contributed by atoms with Crippen LogP contribution in [0.25, 0.3) is 11.5 Å². The lowest BCUT2D eigenvalue weighted by atomic mass is 10.2. The summed E-state index contributed by atoms with van der Waals surface area (Å²) in [4.78, 5) is 12.3. The second-order valence-electron chi connectivity index (χ2n) is 5.14. The van der Waals surface area contributed by atoms with Crippen molar-refractivity contribution in [1.82, 2.24) is 10.2 Å². The highest BCUT2D eigenvalue weighted by atomic mass is 35.5. The van der Waals surface area contributed by atoms with E-state index in [0.717, 1.165) is 5.56 Å². The smallest absolute Gasteiger partial charge is 0.277 e. The Labute approximate surface area is 158 Å². The summed E-state index contributed by atoms with van der Waals surface area (Å²) in [6.45, 7) is 1.76. The number of nitrogens with one attached hydrogen (secondary N) is 1. The van der Waals surface area contributed by atoms with Crippen molar-refractivity contribution < 1.29 is 9.21 Å². The van der Waals surface area contributed by atoms with Crippen LogP contribution in [0.4, 0.5) is 5.69 Å². The first-order valence-corrected chi connectivity index (χ1v) is 8.97. The fourth-order valence-electron chi connectivity index (χ4n) is 2.01. The number of halogens is 2. The molecule has 5 nitrogen and oxygen atoms in total. The van der Waals surface area contributed by atoms with Crippen molar-refractivity contribution >= 4 is 46.6 Å². The highest BCUT2D eigenvalue weighted by molar-refractivity contribution is 8.00. The van der Waals surface area contributed by atoms with E-state index in [1.54, 1.807) is 49.4 Å². The predicted molar refractivity (Wildman–Crippen MR) is 100 cm³/mol. The van der Waals surface area contributed by atoms with Crippen molar-refractivity contribution in [2.24, 2.45) is 0 Å². The minimum atomic E-state index is -0.424. The normalized spacial score (nSPS) is 12.0. The monoisotopic (exact) mass is 393 g/mol. The Hall–Kier alpha value is -2.02. The molecule has 1 N–H and O–H groups in total. The number of carbonyl (C=O) groups excluding carboxylic acids is 1. The molecule has 1 heterocycles. The number of aromatic nitrogens is 2. The zero-order chi connectivity index (χ0) is 17.8. The zero-order valence-corrected chi connectivity index (χ0v) is 15.4. The third-order valence-corrected chi connectivity index (χ3v) is 4.62. The Morgan fingerprint density at radius 2 is 1.84 bits per heavy atom. The molecule has 8 heteroatoms. The molecule has 0 fully saturated rings. The van der Waals surface area contributed by atoms with Crippen LogP contribution in [0.3, 0.4) is 0 Å². The van der Waals surface area contributed by atoms with E-state index in [1.165, 1.54) is 11.8 Å². The molecular formula is C17H13Cl2N3O2S. The Kier molecular flexibility index (Phi) is 5.63. The van der Waals surface area contributed by atoms with Crippen LogP contribution in [0.15, 0.2) is 58.2 Å². The van der Waals surface area contributed by atoms with Gasteiger partial charge in [0.2, 0.25) is 11.8 Å². The topological polar surface area (TPSA) is 68.0 Å². The zero-order valence-electron chi connectivity index (χ0n) is 13.1. The van der Waals surface area contributed by atoms with Gasteiger partial charge >= 0.3 is 0 Å². The van der Waals surface area contributed by atoms with E-state index in [4.69, 9.17) is 27.6 Å². The van der Waals surface area contributed by atoms with E-state index in [2.05, 4.69) is 15.5 Å². The molecule has 3 rings (SSSR count). The van der Waals surface area contributed by atoms with Crippen LogP contribution in [0.5, 0.6) is 0 Å². The molecular weight excluding hydrogens is 381 g/mol. The first-order chi connectivity index (χ1) is 12.0. The number of hydrogen-bond donors (Lipinski definition) is 1. The standard InChI is InChI=1S/C17H13Cl2N3O2S/c1-10(15(23)20-14-7-3-6-13(19)9-14)25-17-22-21-16(24-17)11-4-2-5-12(18)8-11/h2-10H,1H3,(H,20,23)/t10-/m1/s1. The van der Waals surface area contributed by atoms with Crippen LogP contribution in [0.1, 0.15) is 6.92 Å². The largest absolute Gasteiger partial charge is 0.411 e. The van der Waals surface area contributed by atoms with Crippen molar-refractivity contribution in [2.75, 3.05) is 5.32 Å². The summed E-state index contributed by atoms with van der Waals surface area (Å²) in [5, 5.41) is 11.8. The van der Waals surface area contributed by atoms with Crippen LogP contribution < -0.4 is 5.32 Å². The molecule has 0 unspecified atom stereocenters. The average molecular weight is 394 g/mol. The van der Waals surface area contributed by atoms with Crippen LogP contribution >= 0.6 is 35.0 Å². The molecule has 0 aliphatic heterocycles. The van der Waals surface area contributed by atoms with Gasteiger partial charge < -0.3 is 9.73 Å². The molecule has 0 saturated heterocycles. The van der Waals surface area contributed by atoms with Gasteiger partial charge in [0.25, 0.3) is 5.22 Å². The summed E-state index contributed by atoms with van der Waals surface area (Å²) < 4.78 is 5.60. The number of nitrogens with zero attached hydrogens (tertiary/aromatic N) is 2. The highest BCUT2D eigenvalue weighted by Gasteiger charge is 2.19. The van der Waals surface area contributed by atoms with Gasteiger partial charge in [0.1, 0.15) is 0 Å². The van der Waals surface area contributed by atoms with E-state index in [9.17, 15) is 4.79 Å². The van der Waals surface area contributed by atoms with Gasteiger partial charge in [0.15, 0.2) is 0 Å². The van der Waals surface area contributed by atoms with Gasteiger partial charge in [0, 0.05) is 21.3 Å². The molecule has 2 aromatic carbocycles. The van der Waals surface area contributed by atoms with E-state index in [-0.39, 0.29) is 5.91 Å². The van der Waals surface area contributed by atoms with Gasteiger partial charge in [-0.2, -0.15) is 0 Å². The minimum Gasteiger partial charge on any atom is -0.411 e. The van der Waals surface area contributed by atoms with Gasteiger partial charge in [-0.05, 0) is 43.3 Å². The second kappa shape index (κ2) is 7.91. The SMILES string of the molecule is C[C@@H](Sc1nnc(-c2cccc(Cl)c2)o1)C(=O)Nc1cccc(Cl)c1. The molecule has 25 heavy (non-hydrogen) atoms. The molecule has 1 aromatic heterocycles. The summed E-state index contributed by atoms with van der Waals surface area (Å²) in [5.41, 5.74) is 1.36. The van der Waals surface area contributed by atoms with E-state index in [0.29, 0.717) is 26.8 Å². The number of benzene rings is 2. The molecule has 0 spiro atoms. The van der Waals surface area contributed by atoms with Crippen LogP contribution in [0.2, 0.25) is 10.0 Å². The maximum Gasteiger partial charge on any atom is 0.277 e. The minimum absolute atomic E-state index is 0.185. The number of thioether (sulfide) groups is 1. The van der Waals surface area contributed by atoms with E-state index >= 15 is 0 Å². The number of rotatable bonds is 5.